The predicted octanol–water partition coefficient (Wildman–Crippen LogP) is 1.52. The van der Waals surface area contributed by atoms with Crippen molar-refractivity contribution in [2.24, 2.45) is 11.8 Å². The molecule has 3 unspecified atom stereocenters. The number of likely N-dealkylation sites (tertiary alicyclic amines) is 1. The smallest absolute Gasteiger partial charge is 0.241 e. The summed E-state index contributed by atoms with van der Waals surface area (Å²) in [6, 6.07) is 0.0336. The summed E-state index contributed by atoms with van der Waals surface area (Å²) < 4.78 is 0. The number of nitrogens with zero attached hydrogens (tertiary/aromatic N) is 2. The Bertz CT molecular complexity index is 313. The van der Waals surface area contributed by atoms with Crippen molar-refractivity contribution in [2.45, 2.75) is 52.2 Å². The molecule has 110 valence electrons. The van der Waals surface area contributed by atoms with Crippen molar-refractivity contribution in [1.82, 2.24) is 15.1 Å². The van der Waals surface area contributed by atoms with Crippen molar-refractivity contribution in [3.05, 3.63) is 0 Å². The highest BCUT2D eigenvalue weighted by molar-refractivity contribution is 5.84. The first-order valence-electron chi connectivity index (χ1n) is 7.78. The lowest BCUT2D eigenvalue weighted by Crippen LogP contribution is -2.41. The van der Waals surface area contributed by atoms with Crippen molar-refractivity contribution >= 4 is 5.91 Å². The van der Waals surface area contributed by atoms with Crippen LogP contribution in [0.15, 0.2) is 0 Å². The number of nitrogens with one attached hydrogen (secondary N) is 1. The van der Waals surface area contributed by atoms with Crippen molar-refractivity contribution in [1.29, 1.82) is 0 Å². The quantitative estimate of drug-likeness (QED) is 0.839. The molecule has 2 saturated heterocycles. The second kappa shape index (κ2) is 6.23. The third kappa shape index (κ3) is 3.29. The molecule has 0 saturated carbocycles. The molecule has 0 bridgehead atoms. The molecule has 3 atom stereocenters. The molecule has 2 aliphatic heterocycles. The van der Waals surface area contributed by atoms with Gasteiger partial charge in [0.2, 0.25) is 5.91 Å². The Morgan fingerprint density at radius 1 is 1.37 bits per heavy atom. The van der Waals surface area contributed by atoms with Gasteiger partial charge in [0.15, 0.2) is 0 Å². The van der Waals surface area contributed by atoms with Gasteiger partial charge in [-0.25, -0.2) is 0 Å². The molecule has 0 aromatic rings. The maximum atomic E-state index is 12.5. The van der Waals surface area contributed by atoms with E-state index in [9.17, 15) is 4.79 Å². The first-order chi connectivity index (χ1) is 9.02. The number of hydrogen-bond donors (Lipinski definition) is 1. The Kier molecular flexibility index (Phi) is 4.85. The van der Waals surface area contributed by atoms with E-state index in [1.165, 1.54) is 25.9 Å². The summed E-state index contributed by atoms with van der Waals surface area (Å²) in [6.07, 6.45) is 3.70. The van der Waals surface area contributed by atoms with Crippen LogP contribution in [0.3, 0.4) is 0 Å². The van der Waals surface area contributed by atoms with Gasteiger partial charge < -0.3 is 9.80 Å². The summed E-state index contributed by atoms with van der Waals surface area (Å²) in [6.45, 7) is 9.72. The lowest BCUT2D eigenvalue weighted by Gasteiger charge is -2.33. The SMILES string of the molecule is CCC(C)C1NC(C)N(CC2CCN(C)CC2)C1=O. The van der Waals surface area contributed by atoms with Crippen molar-refractivity contribution in [3.8, 4) is 0 Å². The monoisotopic (exact) mass is 267 g/mol. The Hall–Kier alpha value is -0.610. The minimum atomic E-state index is 0.0336. The lowest BCUT2D eigenvalue weighted by atomic mass is 9.95. The molecule has 0 radical (unpaired) electrons. The Morgan fingerprint density at radius 3 is 2.58 bits per heavy atom. The van der Waals surface area contributed by atoms with Crippen LogP contribution in [0.25, 0.3) is 0 Å². The molecule has 1 N–H and O–H groups in total. The number of rotatable bonds is 4. The molecule has 19 heavy (non-hydrogen) atoms. The highest BCUT2D eigenvalue weighted by atomic mass is 16.2. The predicted molar refractivity (Wildman–Crippen MR) is 77.8 cm³/mol. The van der Waals surface area contributed by atoms with Gasteiger partial charge in [-0.05, 0) is 51.7 Å². The van der Waals surface area contributed by atoms with E-state index in [4.69, 9.17) is 0 Å². The normalized spacial score (nSPS) is 32.0. The van der Waals surface area contributed by atoms with Crippen molar-refractivity contribution in [3.63, 3.8) is 0 Å². The van der Waals surface area contributed by atoms with Crippen LogP contribution in [0.1, 0.15) is 40.0 Å². The molecule has 4 heteroatoms. The lowest BCUT2D eigenvalue weighted by molar-refractivity contribution is -0.131. The highest BCUT2D eigenvalue weighted by Crippen LogP contribution is 2.23. The molecular formula is C15H29N3O. The largest absolute Gasteiger partial charge is 0.326 e. The number of piperidine rings is 1. The minimum absolute atomic E-state index is 0.0336. The van der Waals surface area contributed by atoms with Crippen LogP contribution in [0.4, 0.5) is 0 Å². The van der Waals surface area contributed by atoms with Gasteiger partial charge in [0.05, 0.1) is 12.2 Å². The molecule has 2 fully saturated rings. The Morgan fingerprint density at radius 2 is 2.00 bits per heavy atom. The average molecular weight is 267 g/mol. The molecule has 0 aromatic heterocycles. The third-order valence-electron chi connectivity index (χ3n) is 4.94. The van der Waals surface area contributed by atoms with E-state index in [2.05, 4.69) is 42.9 Å². The molecule has 0 spiro atoms. The summed E-state index contributed by atoms with van der Waals surface area (Å²) in [5.74, 6) is 1.43. The summed E-state index contributed by atoms with van der Waals surface area (Å²) in [5.41, 5.74) is 0. The zero-order chi connectivity index (χ0) is 14.0. The fraction of sp³-hybridized carbons (Fsp3) is 0.933. The van der Waals surface area contributed by atoms with Gasteiger partial charge in [-0.2, -0.15) is 0 Å². The molecule has 2 aliphatic rings. The van der Waals surface area contributed by atoms with E-state index in [0.717, 1.165) is 13.0 Å². The number of carbonyl (C=O) groups is 1. The van der Waals surface area contributed by atoms with Crippen molar-refractivity contribution < 1.29 is 4.79 Å². The maximum Gasteiger partial charge on any atom is 0.241 e. The zero-order valence-corrected chi connectivity index (χ0v) is 12.9. The number of carbonyl (C=O) groups excluding carboxylic acids is 1. The fourth-order valence-corrected chi connectivity index (χ4v) is 3.20. The van der Waals surface area contributed by atoms with Gasteiger partial charge >= 0.3 is 0 Å². The van der Waals surface area contributed by atoms with Gasteiger partial charge in [-0.1, -0.05) is 20.3 Å². The first kappa shape index (κ1) is 14.8. The van der Waals surface area contributed by atoms with Gasteiger partial charge in [-0.3, -0.25) is 10.1 Å². The molecule has 2 rings (SSSR count). The maximum absolute atomic E-state index is 12.5. The van der Waals surface area contributed by atoms with E-state index in [1.54, 1.807) is 0 Å². The van der Waals surface area contributed by atoms with Gasteiger partial charge in [0.25, 0.3) is 0 Å². The van der Waals surface area contributed by atoms with Crippen LogP contribution < -0.4 is 5.32 Å². The average Bonchev–Trinajstić information content (AvgIpc) is 2.68. The summed E-state index contributed by atoms with van der Waals surface area (Å²) in [7, 11) is 2.18. The summed E-state index contributed by atoms with van der Waals surface area (Å²) in [5, 5.41) is 3.47. The summed E-state index contributed by atoms with van der Waals surface area (Å²) in [4.78, 5) is 17.0. The zero-order valence-electron chi connectivity index (χ0n) is 12.9. The van der Waals surface area contributed by atoms with E-state index < -0.39 is 0 Å². The standard InChI is InChI=1S/C15H29N3O/c1-5-11(2)14-15(19)18(12(3)16-14)10-13-6-8-17(4)9-7-13/h11-14,16H,5-10H2,1-4H3. The first-order valence-corrected chi connectivity index (χ1v) is 7.78. The third-order valence-corrected chi connectivity index (χ3v) is 4.94. The van der Waals surface area contributed by atoms with E-state index in [-0.39, 0.29) is 12.2 Å². The van der Waals surface area contributed by atoms with E-state index in [0.29, 0.717) is 17.7 Å². The number of hydrogen-bond acceptors (Lipinski definition) is 3. The van der Waals surface area contributed by atoms with Gasteiger partial charge in [0.1, 0.15) is 0 Å². The second-order valence-electron chi connectivity index (χ2n) is 6.44. The molecular weight excluding hydrogens is 238 g/mol. The molecule has 2 heterocycles. The van der Waals surface area contributed by atoms with Gasteiger partial charge in [-0.15, -0.1) is 0 Å². The highest BCUT2D eigenvalue weighted by Gasteiger charge is 2.39. The van der Waals surface area contributed by atoms with Crippen LogP contribution >= 0.6 is 0 Å². The fourth-order valence-electron chi connectivity index (χ4n) is 3.20. The van der Waals surface area contributed by atoms with E-state index in [1.807, 2.05) is 0 Å². The van der Waals surface area contributed by atoms with Crippen LogP contribution in [0.2, 0.25) is 0 Å². The topological polar surface area (TPSA) is 35.6 Å². The van der Waals surface area contributed by atoms with Crippen LogP contribution in [-0.4, -0.2) is 54.6 Å². The Labute approximate surface area is 117 Å². The summed E-state index contributed by atoms with van der Waals surface area (Å²) >= 11 is 0. The molecule has 4 nitrogen and oxygen atoms in total. The minimum Gasteiger partial charge on any atom is -0.326 e. The molecule has 0 aromatic carbocycles. The van der Waals surface area contributed by atoms with Crippen LogP contribution in [0.5, 0.6) is 0 Å². The molecule has 0 aliphatic carbocycles. The molecule has 1 amide bonds. The van der Waals surface area contributed by atoms with Crippen molar-refractivity contribution in [2.75, 3.05) is 26.7 Å². The Balaban J connectivity index is 1.91. The van der Waals surface area contributed by atoms with Crippen LogP contribution in [-0.2, 0) is 4.79 Å². The van der Waals surface area contributed by atoms with Crippen LogP contribution in [0, 0.1) is 11.8 Å². The van der Waals surface area contributed by atoms with E-state index >= 15 is 0 Å². The number of amides is 1. The second-order valence-corrected chi connectivity index (χ2v) is 6.44. The van der Waals surface area contributed by atoms with Gasteiger partial charge in [0, 0.05) is 6.54 Å².